The Morgan fingerprint density at radius 2 is 2.00 bits per heavy atom. The fourth-order valence-corrected chi connectivity index (χ4v) is 3.02. The molecule has 0 aromatic carbocycles. The van der Waals surface area contributed by atoms with Crippen molar-refractivity contribution >= 4 is 15.9 Å². The number of allylic oxidation sites excluding steroid dienone is 2. The van der Waals surface area contributed by atoms with E-state index in [2.05, 4.69) is 67.7 Å². The number of hydrogen-bond donors (Lipinski definition) is 1. The third-order valence-electron chi connectivity index (χ3n) is 3.38. The van der Waals surface area contributed by atoms with Crippen molar-refractivity contribution in [3.63, 3.8) is 0 Å². The number of rotatable bonds is 10. The second-order valence-corrected chi connectivity index (χ2v) is 6.13. The van der Waals surface area contributed by atoms with E-state index in [0.29, 0.717) is 16.8 Å². The Kier molecular flexibility index (Phi) is 10.8. The van der Waals surface area contributed by atoms with Gasteiger partial charge in [0.25, 0.3) is 0 Å². The van der Waals surface area contributed by atoms with Gasteiger partial charge in [-0.05, 0) is 38.6 Å². The maximum Gasteiger partial charge on any atom is 0.0325 e. The van der Waals surface area contributed by atoms with Crippen LogP contribution in [0.5, 0.6) is 0 Å². The first-order valence-corrected chi connectivity index (χ1v) is 8.20. The fourth-order valence-electron chi connectivity index (χ4n) is 2.35. The van der Waals surface area contributed by atoms with E-state index in [1.165, 1.54) is 18.4 Å². The topological polar surface area (TPSA) is 12.0 Å². The molecule has 3 unspecified atom stereocenters. The Morgan fingerprint density at radius 1 is 1.33 bits per heavy atom. The van der Waals surface area contributed by atoms with E-state index in [1.54, 1.807) is 0 Å². The van der Waals surface area contributed by atoms with Gasteiger partial charge in [-0.15, -0.1) is 0 Å². The number of alkyl halides is 1. The van der Waals surface area contributed by atoms with Gasteiger partial charge < -0.3 is 5.32 Å². The highest BCUT2D eigenvalue weighted by Crippen LogP contribution is 2.21. The van der Waals surface area contributed by atoms with Crippen LogP contribution in [0.25, 0.3) is 0 Å². The molecule has 0 radical (unpaired) electrons. The predicted octanol–water partition coefficient (Wildman–Crippen LogP) is 5.08. The van der Waals surface area contributed by atoms with Crippen molar-refractivity contribution in [2.45, 2.75) is 64.2 Å². The lowest BCUT2D eigenvalue weighted by atomic mass is 9.88. The van der Waals surface area contributed by atoms with Crippen LogP contribution in [-0.4, -0.2) is 17.4 Å². The summed E-state index contributed by atoms with van der Waals surface area (Å²) >= 11 is 3.67. The molecule has 0 aromatic rings. The maximum absolute atomic E-state index is 4.27. The summed E-state index contributed by atoms with van der Waals surface area (Å²) in [7, 11) is 0. The summed E-state index contributed by atoms with van der Waals surface area (Å²) in [6, 6.07) is 0.524. The van der Waals surface area contributed by atoms with Gasteiger partial charge in [-0.3, -0.25) is 0 Å². The van der Waals surface area contributed by atoms with Crippen LogP contribution in [-0.2, 0) is 0 Å². The van der Waals surface area contributed by atoms with Gasteiger partial charge in [-0.2, -0.15) is 0 Å². The van der Waals surface area contributed by atoms with Crippen LogP contribution in [0.3, 0.4) is 0 Å². The zero-order chi connectivity index (χ0) is 14.0. The SMILES string of the molecule is C=C(C/C=C\C(Br)CCC)C(CC)C(C)NCC. The third-order valence-corrected chi connectivity index (χ3v) is 4.15. The molecular formula is C16H30BrN. The Morgan fingerprint density at radius 3 is 2.50 bits per heavy atom. The molecule has 1 N–H and O–H groups in total. The standard InChI is InChI=1S/C16H30BrN/c1-6-10-15(17)12-9-11-13(4)16(7-2)14(5)18-8-3/h9,12,14-16,18H,4,6-8,10-11H2,1-3,5H3/b12-9-. The Balaban J connectivity index is 4.19. The van der Waals surface area contributed by atoms with Crippen molar-refractivity contribution in [3.8, 4) is 0 Å². The van der Waals surface area contributed by atoms with Gasteiger partial charge in [-0.25, -0.2) is 0 Å². The molecule has 0 bridgehead atoms. The van der Waals surface area contributed by atoms with Crippen LogP contribution < -0.4 is 5.32 Å². The van der Waals surface area contributed by atoms with Crippen LogP contribution in [0, 0.1) is 5.92 Å². The van der Waals surface area contributed by atoms with Crippen molar-refractivity contribution in [2.24, 2.45) is 5.92 Å². The summed E-state index contributed by atoms with van der Waals surface area (Å²) < 4.78 is 0. The second-order valence-electron chi connectivity index (χ2n) is 4.96. The highest BCUT2D eigenvalue weighted by molar-refractivity contribution is 9.09. The highest BCUT2D eigenvalue weighted by Gasteiger charge is 2.16. The van der Waals surface area contributed by atoms with Crippen LogP contribution >= 0.6 is 15.9 Å². The predicted molar refractivity (Wildman–Crippen MR) is 87.4 cm³/mol. The van der Waals surface area contributed by atoms with Crippen molar-refractivity contribution in [1.82, 2.24) is 5.32 Å². The van der Waals surface area contributed by atoms with E-state index >= 15 is 0 Å². The number of hydrogen-bond acceptors (Lipinski definition) is 1. The second kappa shape index (κ2) is 10.8. The lowest BCUT2D eigenvalue weighted by Gasteiger charge is -2.25. The molecule has 0 aliphatic carbocycles. The Hall–Kier alpha value is -0.0800. The van der Waals surface area contributed by atoms with E-state index in [1.807, 2.05) is 0 Å². The van der Waals surface area contributed by atoms with Gasteiger partial charge in [0.2, 0.25) is 0 Å². The lowest BCUT2D eigenvalue weighted by molar-refractivity contribution is 0.414. The molecule has 0 saturated heterocycles. The minimum absolute atomic E-state index is 0.515. The number of halogens is 1. The average molecular weight is 316 g/mol. The van der Waals surface area contributed by atoms with E-state index in [0.717, 1.165) is 19.4 Å². The van der Waals surface area contributed by atoms with Crippen LogP contribution in [0.1, 0.15) is 53.4 Å². The quantitative estimate of drug-likeness (QED) is 0.438. The van der Waals surface area contributed by atoms with Crippen LogP contribution in [0.4, 0.5) is 0 Å². The third kappa shape index (κ3) is 7.38. The minimum atomic E-state index is 0.515. The average Bonchev–Trinajstić information content (AvgIpc) is 2.30. The van der Waals surface area contributed by atoms with Gasteiger partial charge in [0.05, 0.1) is 0 Å². The molecule has 18 heavy (non-hydrogen) atoms. The molecule has 0 aliphatic heterocycles. The lowest BCUT2D eigenvalue weighted by Crippen LogP contribution is -2.33. The van der Waals surface area contributed by atoms with E-state index < -0.39 is 0 Å². The first-order valence-electron chi connectivity index (χ1n) is 7.28. The van der Waals surface area contributed by atoms with Crippen LogP contribution in [0.2, 0.25) is 0 Å². The molecule has 0 rings (SSSR count). The minimum Gasteiger partial charge on any atom is -0.314 e. The van der Waals surface area contributed by atoms with Crippen LogP contribution in [0.15, 0.2) is 24.3 Å². The van der Waals surface area contributed by atoms with E-state index in [4.69, 9.17) is 0 Å². The Bertz CT molecular complexity index is 247. The molecule has 2 heteroatoms. The van der Waals surface area contributed by atoms with Gasteiger partial charge >= 0.3 is 0 Å². The summed E-state index contributed by atoms with van der Waals surface area (Å²) in [4.78, 5) is 0.515. The molecule has 1 nitrogen and oxygen atoms in total. The summed E-state index contributed by atoms with van der Waals surface area (Å²) in [6.07, 6.45) is 9.11. The highest BCUT2D eigenvalue weighted by atomic mass is 79.9. The Labute approximate surface area is 122 Å². The molecule has 0 aliphatic rings. The molecule has 106 valence electrons. The summed E-state index contributed by atoms with van der Waals surface area (Å²) in [5.74, 6) is 0.578. The smallest absolute Gasteiger partial charge is 0.0325 e. The normalized spacial score (nSPS) is 16.7. The summed E-state index contributed by atoms with van der Waals surface area (Å²) in [6.45, 7) is 14.2. The fraction of sp³-hybridized carbons (Fsp3) is 0.750. The van der Waals surface area contributed by atoms with Gasteiger partial charge in [0.1, 0.15) is 0 Å². The molecule has 3 atom stereocenters. The molecule has 0 saturated carbocycles. The molecular weight excluding hydrogens is 286 g/mol. The van der Waals surface area contributed by atoms with Crippen molar-refractivity contribution in [3.05, 3.63) is 24.3 Å². The summed E-state index contributed by atoms with van der Waals surface area (Å²) in [5.41, 5.74) is 1.35. The maximum atomic E-state index is 4.27. The molecule has 0 amide bonds. The summed E-state index contributed by atoms with van der Waals surface area (Å²) in [5, 5.41) is 3.50. The van der Waals surface area contributed by atoms with E-state index in [9.17, 15) is 0 Å². The van der Waals surface area contributed by atoms with Crippen molar-refractivity contribution < 1.29 is 0 Å². The number of nitrogens with one attached hydrogen (secondary N) is 1. The van der Waals surface area contributed by atoms with Crippen molar-refractivity contribution in [1.29, 1.82) is 0 Å². The van der Waals surface area contributed by atoms with Gasteiger partial charge in [0, 0.05) is 10.9 Å². The first-order chi connectivity index (χ1) is 8.56. The van der Waals surface area contributed by atoms with Gasteiger partial charge in [0.15, 0.2) is 0 Å². The zero-order valence-corrected chi connectivity index (χ0v) is 14.1. The van der Waals surface area contributed by atoms with Crippen molar-refractivity contribution in [2.75, 3.05) is 6.54 Å². The monoisotopic (exact) mass is 315 g/mol. The largest absolute Gasteiger partial charge is 0.314 e. The molecule has 0 fully saturated rings. The van der Waals surface area contributed by atoms with E-state index in [-0.39, 0.29) is 0 Å². The molecule has 0 aromatic heterocycles. The first kappa shape index (κ1) is 17.9. The molecule has 0 spiro atoms. The van der Waals surface area contributed by atoms with Gasteiger partial charge in [-0.1, -0.05) is 67.4 Å². The molecule has 0 heterocycles. The zero-order valence-electron chi connectivity index (χ0n) is 12.5.